The summed E-state index contributed by atoms with van der Waals surface area (Å²) in [5.74, 6) is 1.33. The molecule has 6 nitrogen and oxygen atoms in total. The number of benzene rings is 2. The van der Waals surface area contributed by atoms with Crippen molar-refractivity contribution < 1.29 is 19.1 Å². The van der Waals surface area contributed by atoms with Gasteiger partial charge in [0.1, 0.15) is 0 Å². The summed E-state index contributed by atoms with van der Waals surface area (Å²) >= 11 is 0. The summed E-state index contributed by atoms with van der Waals surface area (Å²) in [5.41, 5.74) is 3.49. The number of ether oxygens (including phenoxy) is 2. The Hall–Kier alpha value is -3.02. The fourth-order valence-corrected chi connectivity index (χ4v) is 3.43. The Morgan fingerprint density at radius 1 is 1.10 bits per heavy atom. The van der Waals surface area contributed by atoms with Gasteiger partial charge in [0.2, 0.25) is 5.91 Å². The van der Waals surface area contributed by atoms with E-state index in [1.165, 1.54) is 0 Å². The lowest BCUT2D eigenvalue weighted by atomic mass is 10.1. The highest BCUT2D eigenvalue weighted by atomic mass is 16.5. The normalized spacial score (nSPS) is 12.4. The first-order valence-corrected chi connectivity index (χ1v) is 10.1. The average Bonchev–Trinajstić information content (AvgIpc) is 3.18. The van der Waals surface area contributed by atoms with Crippen molar-refractivity contribution in [3.63, 3.8) is 0 Å². The lowest BCUT2D eigenvalue weighted by Gasteiger charge is -2.16. The van der Waals surface area contributed by atoms with Crippen LogP contribution in [-0.2, 0) is 17.8 Å². The smallest absolute Gasteiger partial charge is 0.251 e. The van der Waals surface area contributed by atoms with Crippen molar-refractivity contribution in [2.75, 3.05) is 25.2 Å². The number of hydrogen-bond donors (Lipinski definition) is 1. The topological polar surface area (TPSA) is 67.9 Å². The third-order valence-corrected chi connectivity index (χ3v) is 4.98. The van der Waals surface area contributed by atoms with Gasteiger partial charge in [-0.25, -0.2) is 0 Å². The molecule has 3 rings (SSSR count). The van der Waals surface area contributed by atoms with Crippen molar-refractivity contribution in [1.82, 2.24) is 5.32 Å². The zero-order valence-corrected chi connectivity index (χ0v) is 17.3. The predicted molar refractivity (Wildman–Crippen MR) is 113 cm³/mol. The Bertz CT molecular complexity index is 894. The van der Waals surface area contributed by atoms with Crippen molar-refractivity contribution in [2.45, 2.75) is 39.7 Å². The second-order valence-corrected chi connectivity index (χ2v) is 7.01. The van der Waals surface area contributed by atoms with E-state index in [-0.39, 0.29) is 11.8 Å². The van der Waals surface area contributed by atoms with Gasteiger partial charge >= 0.3 is 0 Å². The van der Waals surface area contributed by atoms with Crippen LogP contribution in [0.2, 0.25) is 0 Å². The van der Waals surface area contributed by atoms with E-state index in [9.17, 15) is 9.59 Å². The molecule has 0 radical (unpaired) electrons. The molecule has 2 aromatic carbocycles. The van der Waals surface area contributed by atoms with Gasteiger partial charge in [-0.15, -0.1) is 0 Å². The van der Waals surface area contributed by atoms with Gasteiger partial charge < -0.3 is 19.7 Å². The van der Waals surface area contributed by atoms with Gasteiger partial charge in [-0.1, -0.05) is 19.9 Å². The number of amides is 2. The van der Waals surface area contributed by atoms with Crippen molar-refractivity contribution in [3.05, 3.63) is 53.1 Å². The van der Waals surface area contributed by atoms with Crippen molar-refractivity contribution >= 4 is 17.5 Å². The summed E-state index contributed by atoms with van der Waals surface area (Å²) in [6.07, 6.45) is 2.18. The number of nitrogens with zero attached hydrogens (tertiary/aromatic N) is 1. The van der Waals surface area contributed by atoms with Crippen LogP contribution in [0.15, 0.2) is 36.4 Å². The maximum absolute atomic E-state index is 12.6. The van der Waals surface area contributed by atoms with Gasteiger partial charge in [0, 0.05) is 30.8 Å². The molecule has 0 unspecified atom stereocenters. The molecular weight excluding hydrogens is 368 g/mol. The van der Waals surface area contributed by atoms with Crippen LogP contribution < -0.4 is 19.7 Å². The van der Waals surface area contributed by atoms with Crippen LogP contribution in [0.25, 0.3) is 0 Å². The van der Waals surface area contributed by atoms with Crippen LogP contribution in [0.1, 0.15) is 48.2 Å². The largest absolute Gasteiger partial charge is 0.493 e. The van der Waals surface area contributed by atoms with Crippen LogP contribution >= 0.6 is 0 Å². The van der Waals surface area contributed by atoms with Gasteiger partial charge in [0.05, 0.1) is 13.7 Å². The number of carbonyl (C=O) groups excluding carboxylic acids is 2. The molecule has 29 heavy (non-hydrogen) atoms. The SMILES string of the molecule is CCCOc1ccc(CNC(=O)c2ccc3c(c2)CCN3C(=O)CC)cc1OC. The first-order valence-electron chi connectivity index (χ1n) is 10.1. The monoisotopic (exact) mass is 396 g/mol. The van der Waals surface area contributed by atoms with Crippen molar-refractivity contribution in [3.8, 4) is 11.5 Å². The molecule has 0 atom stereocenters. The molecule has 1 aliphatic rings. The van der Waals surface area contributed by atoms with E-state index >= 15 is 0 Å². The maximum Gasteiger partial charge on any atom is 0.251 e. The second-order valence-electron chi connectivity index (χ2n) is 7.01. The van der Waals surface area contributed by atoms with Gasteiger partial charge in [-0.05, 0) is 54.3 Å². The zero-order chi connectivity index (χ0) is 20.8. The Morgan fingerprint density at radius 3 is 2.66 bits per heavy atom. The highest BCUT2D eigenvalue weighted by molar-refractivity contribution is 5.98. The Balaban J connectivity index is 1.65. The van der Waals surface area contributed by atoms with Crippen LogP contribution in [-0.4, -0.2) is 32.1 Å². The van der Waals surface area contributed by atoms with Crippen LogP contribution in [0.4, 0.5) is 5.69 Å². The molecule has 0 aliphatic carbocycles. The lowest BCUT2D eigenvalue weighted by Crippen LogP contribution is -2.27. The summed E-state index contributed by atoms with van der Waals surface area (Å²) in [6.45, 7) is 5.61. The van der Waals surface area contributed by atoms with Crippen molar-refractivity contribution in [1.29, 1.82) is 0 Å². The number of fused-ring (bicyclic) bond motifs is 1. The summed E-state index contributed by atoms with van der Waals surface area (Å²) in [4.78, 5) is 26.4. The molecule has 0 aromatic heterocycles. The molecule has 1 heterocycles. The van der Waals surface area contributed by atoms with E-state index in [4.69, 9.17) is 9.47 Å². The molecular formula is C23H28N2O4. The second kappa shape index (κ2) is 9.45. The number of rotatable bonds is 8. The number of anilines is 1. The molecule has 154 valence electrons. The van der Waals surface area contributed by atoms with E-state index in [2.05, 4.69) is 12.2 Å². The molecule has 0 saturated carbocycles. The number of hydrogen-bond acceptors (Lipinski definition) is 4. The molecule has 0 fully saturated rings. The minimum atomic E-state index is -0.140. The van der Waals surface area contributed by atoms with Crippen LogP contribution in [0.5, 0.6) is 11.5 Å². The third kappa shape index (κ3) is 4.70. The van der Waals surface area contributed by atoms with E-state index < -0.39 is 0 Å². The highest BCUT2D eigenvalue weighted by Crippen LogP contribution is 2.30. The standard InChI is InChI=1S/C23H28N2O4/c1-4-12-29-20-9-6-16(13-21(20)28-3)15-24-23(27)18-7-8-19-17(14-18)10-11-25(19)22(26)5-2/h6-9,13-14H,4-5,10-12,15H2,1-3H3,(H,24,27). The maximum atomic E-state index is 12.6. The molecule has 0 bridgehead atoms. The Morgan fingerprint density at radius 2 is 1.93 bits per heavy atom. The minimum Gasteiger partial charge on any atom is -0.493 e. The highest BCUT2D eigenvalue weighted by Gasteiger charge is 2.24. The fourth-order valence-electron chi connectivity index (χ4n) is 3.43. The number of nitrogens with one attached hydrogen (secondary N) is 1. The average molecular weight is 396 g/mol. The van der Waals surface area contributed by atoms with Gasteiger partial charge in [0.25, 0.3) is 5.91 Å². The lowest BCUT2D eigenvalue weighted by molar-refractivity contribution is -0.118. The van der Waals surface area contributed by atoms with E-state index in [0.29, 0.717) is 43.2 Å². The number of carbonyl (C=O) groups is 2. The number of methoxy groups -OCH3 is 1. The molecule has 1 aliphatic heterocycles. The quantitative estimate of drug-likeness (QED) is 0.739. The molecule has 2 amide bonds. The van der Waals surface area contributed by atoms with Gasteiger partial charge in [-0.2, -0.15) is 0 Å². The van der Waals surface area contributed by atoms with Gasteiger partial charge in [0.15, 0.2) is 11.5 Å². The zero-order valence-electron chi connectivity index (χ0n) is 17.3. The first kappa shape index (κ1) is 20.7. The minimum absolute atomic E-state index is 0.112. The summed E-state index contributed by atoms with van der Waals surface area (Å²) in [6, 6.07) is 11.2. The Labute approximate surface area is 171 Å². The van der Waals surface area contributed by atoms with Gasteiger partial charge in [-0.3, -0.25) is 9.59 Å². The molecule has 0 saturated heterocycles. The van der Waals surface area contributed by atoms with E-state index in [1.54, 1.807) is 18.1 Å². The third-order valence-electron chi connectivity index (χ3n) is 4.98. The Kier molecular flexibility index (Phi) is 6.75. The summed E-state index contributed by atoms with van der Waals surface area (Å²) in [5, 5.41) is 2.95. The summed E-state index contributed by atoms with van der Waals surface area (Å²) < 4.78 is 11.1. The first-order chi connectivity index (χ1) is 14.1. The van der Waals surface area contributed by atoms with Crippen LogP contribution in [0.3, 0.4) is 0 Å². The molecule has 0 spiro atoms. The summed E-state index contributed by atoms with van der Waals surface area (Å²) in [7, 11) is 1.60. The fraction of sp³-hybridized carbons (Fsp3) is 0.391. The predicted octanol–water partition coefficient (Wildman–Crippen LogP) is 3.71. The van der Waals surface area contributed by atoms with E-state index in [0.717, 1.165) is 29.7 Å². The molecule has 6 heteroatoms. The molecule has 1 N–H and O–H groups in total. The molecule has 2 aromatic rings. The van der Waals surface area contributed by atoms with Crippen molar-refractivity contribution in [2.24, 2.45) is 0 Å². The van der Waals surface area contributed by atoms with E-state index in [1.807, 2.05) is 37.3 Å². The van der Waals surface area contributed by atoms with Crippen LogP contribution in [0, 0.1) is 0 Å².